The fourth-order valence-electron chi connectivity index (χ4n) is 1.39. The minimum absolute atomic E-state index is 0.277. The standard InChI is InChI=1S/C13H12IN3O/c14-9-1-5-11(6-2-9)16-13(18)17-12-7-3-10(15)4-8-12/h1-8H,15H2,(H2,16,17,18). The van der Waals surface area contributed by atoms with Crippen molar-refractivity contribution in [1.29, 1.82) is 0 Å². The van der Waals surface area contributed by atoms with Gasteiger partial charge in [-0.25, -0.2) is 4.79 Å². The zero-order chi connectivity index (χ0) is 13.0. The van der Waals surface area contributed by atoms with Crippen LogP contribution in [0.25, 0.3) is 0 Å². The minimum Gasteiger partial charge on any atom is -0.399 e. The third-order valence-electron chi connectivity index (χ3n) is 2.27. The van der Waals surface area contributed by atoms with Crippen LogP contribution in [0.3, 0.4) is 0 Å². The van der Waals surface area contributed by atoms with Crippen molar-refractivity contribution in [2.75, 3.05) is 16.4 Å². The van der Waals surface area contributed by atoms with E-state index in [2.05, 4.69) is 33.2 Å². The number of hydrogen-bond acceptors (Lipinski definition) is 2. The number of nitrogens with two attached hydrogens (primary N) is 1. The molecular formula is C13H12IN3O. The number of benzene rings is 2. The average Bonchev–Trinajstić information content (AvgIpc) is 2.35. The molecule has 18 heavy (non-hydrogen) atoms. The second-order valence-corrected chi connectivity index (χ2v) is 4.95. The molecule has 2 aromatic rings. The van der Waals surface area contributed by atoms with E-state index < -0.39 is 0 Å². The van der Waals surface area contributed by atoms with Crippen molar-refractivity contribution in [2.45, 2.75) is 0 Å². The number of carbonyl (C=O) groups is 1. The summed E-state index contributed by atoms with van der Waals surface area (Å²) in [7, 11) is 0. The lowest BCUT2D eigenvalue weighted by atomic mass is 10.3. The third kappa shape index (κ3) is 3.63. The van der Waals surface area contributed by atoms with Crippen LogP contribution in [0.2, 0.25) is 0 Å². The molecule has 0 spiro atoms. The Kier molecular flexibility index (Phi) is 4.03. The highest BCUT2D eigenvalue weighted by Crippen LogP contribution is 2.13. The number of halogens is 1. The molecule has 0 heterocycles. The fourth-order valence-corrected chi connectivity index (χ4v) is 1.75. The van der Waals surface area contributed by atoms with E-state index in [-0.39, 0.29) is 6.03 Å². The first kappa shape index (κ1) is 12.7. The van der Waals surface area contributed by atoms with Crippen molar-refractivity contribution < 1.29 is 4.79 Å². The molecule has 0 radical (unpaired) electrons. The summed E-state index contributed by atoms with van der Waals surface area (Å²) >= 11 is 2.21. The van der Waals surface area contributed by atoms with E-state index in [1.54, 1.807) is 24.3 Å². The summed E-state index contributed by atoms with van der Waals surface area (Å²) < 4.78 is 1.12. The molecule has 0 unspecified atom stereocenters. The Labute approximate surface area is 119 Å². The number of anilines is 3. The maximum atomic E-state index is 11.7. The summed E-state index contributed by atoms with van der Waals surface area (Å²) in [6.07, 6.45) is 0. The molecule has 5 heteroatoms. The molecule has 0 bridgehead atoms. The largest absolute Gasteiger partial charge is 0.399 e. The normalized spacial score (nSPS) is 9.83. The molecule has 2 amide bonds. The zero-order valence-electron chi connectivity index (χ0n) is 9.48. The Morgan fingerprint density at radius 3 is 1.83 bits per heavy atom. The van der Waals surface area contributed by atoms with Gasteiger partial charge in [-0.1, -0.05) is 0 Å². The van der Waals surface area contributed by atoms with Gasteiger partial charge in [-0.3, -0.25) is 0 Å². The average molecular weight is 353 g/mol. The Hall–Kier alpha value is -1.76. The third-order valence-corrected chi connectivity index (χ3v) is 2.99. The van der Waals surface area contributed by atoms with Crippen molar-refractivity contribution in [1.82, 2.24) is 0 Å². The van der Waals surface area contributed by atoms with Crippen LogP contribution in [-0.4, -0.2) is 6.03 Å². The van der Waals surface area contributed by atoms with E-state index in [0.29, 0.717) is 11.4 Å². The Morgan fingerprint density at radius 1 is 0.889 bits per heavy atom. The summed E-state index contributed by atoms with van der Waals surface area (Å²) in [6.45, 7) is 0. The highest BCUT2D eigenvalue weighted by molar-refractivity contribution is 14.1. The molecule has 92 valence electrons. The van der Waals surface area contributed by atoms with Crippen LogP contribution in [0.15, 0.2) is 48.5 Å². The molecule has 4 N–H and O–H groups in total. The Bertz CT molecular complexity index is 488. The lowest BCUT2D eigenvalue weighted by Gasteiger charge is -2.07. The number of carbonyl (C=O) groups excluding carboxylic acids is 1. The fraction of sp³-hybridized carbons (Fsp3) is 0. The zero-order valence-corrected chi connectivity index (χ0v) is 11.6. The Balaban J connectivity index is 1.96. The molecule has 2 aromatic carbocycles. The van der Waals surface area contributed by atoms with Crippen molar-refractivity contribution in [2.24, 2.45) is 0 Å². The van der Waals surface area contributed by atoms with Gasteiger partial charge in [-0.05, 0) is 71.1 Å². The van der Waals surface area contributed by atoms with Crippen LogP contribution < -0.4 is 16.4 Å². The van der Waals surface area contributed by atoms with Crippen molar-refractivity contribution in [3.05, 3.63) is 52.1 Å². The number of nitrogen functional groups attached to an aromatic ring is 1. The topological polar surface area (TPSA) is 67.1 Å². The van der Waals surface area contributed by atoms with E-state index in [9.17, 15) is 4.79 Å². The molecule has 0 saturated heterocycles. The second kappa shape index (κ2) is 5.72. The van der Waals surface area contributed by atoms with Gasteiger partial charge in [0.2, 0.25) is 0 Å². The van der Waals surface area contributed by atoms with Crippen molar-refractivity contribution >= 4 is 45.7 Å². The Morgan fingerprint density at radius 2 is 1.33 bits per heavy atom. The van der Waals surface area contributed by atoms with Crippen LogP contribution in [0.4, 0.5) is 21.9 Å². The molecule has 0 fully saturated rings. The van der Waals surface area contributed by atoms with Gasteiger partial charge < -0.3 is 16.4 Å². The van der Waals surface area contributed by atoms with E-state index in [0.717, 1.165) is 9.26 Å². The van der Waals surface area contributed by atoms with Crippen molar-refractivity contribution in [3.63, 3.8) is 0 Å². The molecule has 0 aliphatic heterocycles. The van der Waals surface area contributed by atoms with Crippen molar-refractivity contribution in [3.8, 4) is 0 Å². The highest BCUT2D eigenvalue weighted by atomic mass is 127. The van der Waals surface area contributed by atoms with Gasteiger partial charge in [0.05, 0.1) is 0 Å². The number of rotatable bonds is 2. The summed E-state index contributed by atoms with van der Waals surface area (Å²) in [6, 6.07) is 14.3. The van der Waals surface area contributed by atoms with Crippen LogP contribution in [0, 0.1) is 3.57 Å². The van der Waals surface area contributed by atoms with E-state index in [1.807, 2.05) is 24.3 Å². The van der Waals surface area contributed by atoms with E-state index >= 15 is 0 Å². The van der Waals surface area contributed by atoms with Gasteiger partial charge in [-0.15, -0.1) is 0 Å². The number of urea groups is 1. The maximum absolute atomic E-state index is 11.7. The molecule has 0 saturated carbocycles. The summed E-state index contributed by atoms with van der Waals surface area (Å²) in [5, 5.41) is 5.47. The highest BCUT2D eigenvalue weighted by Gasteiger charge is 2.02. The molecule has 0 aromatic heterocycles. The number of hydrogen-bond donors (Lipinski definition) is 3. The predicted molar refractivity (Wildman–Crippen MR) is 82.7 cm³/mol. The lowest BCUT2D eigenvalue weighted by molar-refractivity contribution is 0.262. The second-order valence-electron chi connectivity index (χ2n) is 3.71. The number of amides is 2. The predicted octanol–water partition coefficient (Wildman–Crippen LogP) is 3.52. The summed E-state index contributed by atoms with van der Waals surface area (Å²) in [5.41, 5.74) is 7.69. The van der Waals surface area contributed by atoms with Crippen LogP contribution >= 0.6 is 22.6 Å². The number of nitrogens with one attached hydrogen (secondary N) is 2. The summed E-state index contributed by atoms with van der Waals surface area (Å²) in [4.78, 5) is 11.7. The molecule has 0 aliphatic carbocycles. The molecule has 4 nitrogen and oxygen atoms in total. The van der Waals surface area contributed by atoms with Gasteiger partial charge >= 0.3 is 6.03 Å². The van der Waals surface area contributed by atoms with Gasteiger partial charge in [0.15, 0.2) is 0 Å². The smallest absolute Gasteiger partial charge is 0.323 e. The van der Waals surface area contributed by atoms with Crippen LogP contribution in [-0.2, 0) is 0 Å². The SMILES string of the molecule is Nc1ccc(NC(=O)Nc2ccc(I)cc2)cc1. The maximum Gasteiger partial charge on any atom is 0.323 e. The molecule has 0 aliphatic rings. The minimum atomic E-state index is -0.277. The van der Waals surface area contributed by atoms with Gasteiger partial charge in [0.1, 0.15) is 0 Å². The lowest BCUT2D eigenvalue weighted by Crippen LogP contribution is -2.19. The van der Waals surface area contributed by atoms with Crippen LogP contribution in [0.5, 0.6) is 0 Å². The van der Waals surface area contributed by atoms with E-state index in [1.165, 1.54) is 0 Å². The first-order valence-electron chi connectivity index (χ1n) is 5.32. The summed E-state index contributed by atoms with van der Waals surface area (Å²) in [5.74, 6) is 0. The monoisotopic (exact) mass is 353 g/mol. The molecule has 0 atom stereocenters. The van der Waals surface area contributed by atoms with Crippen LogP contribution in [0.1, 0.15) is 0 Å². The van der Waals surface area contributed by atoms with E-state index in [4.69, 9.17) is 5.73 Å². The van der Waals surface area contributed by atoms with Gasteiger partial charge in [0, 0.05) is 20.6 Å². The first-order valence-corrected chi connectivity index (χ1v) is 6.40. The van der Waals surface area contributed by atoms with Gasteiger partial charge in [-0.2, -0.15) is 0 Å². The van der Waals surface area contributed by atoms with Gasteiger partial charge in [0.25, 0.3) is 0 Å². The molecular weight excluding hydrogens is 341 g/mol. The first-order chi connectivity index (χ1) is 8.63. The molecule has 2 rings (SSSR count). The quantitative estimate of drug-likeness (QED) is 0.571.